The number of anilines is 1. The fourth-order valence-corrected chi connectivity index (χ4v) is 3.77. The van der Waals surface area contributed by atoms with E-state index in [9.17, 15) is 18.7 Å². The molecule has 1 aromatic carbocycles. The highest BCUT2D eigenvalue weighted by Gasteiger charge is 2.32. The second-order valence-corrected chi connectivity index (χ2v) is 7.49. The van der Waals surface area contributed by atoms with Crippen molar-refractivity contribution in [3.05, 3.63) is 53.0 Å². The Kier molecular flexibility index (Phi) is 6.19. The predicted molar refractivity (Wildman–Crippen MR) is 109 cm³/mol. The molecule has 1 saturated heterocycles. The first-order valence-electron chi connectivity index (χ1n) is 10.1. The van der Waals surface area contributed by atoms with Crippen molar-refractivity contribution in [2.75, 3.05) is 18.5 Å². The molecule has 0 spiro atoms. The molecule has 1 fully saturated rings. The highest BCUT2D eigenvalue weighted by atomic mass is 19.1. The number of benzene rings is 1. The van der Waals surface area contributed by atoms with Crippen LogP contribution in [0.4, 0.5) is 14.6 Å². The first kappa shape index (κ1) is 21.3. The number of amides is 1. The fraction of sp³-hybridized carbons (Fsp3) is 0.429. The molecule has 1 aromatic heterocycles. The number of carbonyl (C=O) groups excluding carboxylic acids is 1. The molecule has 8 nitrogen and oxygen atoms in total. The van der Waals surface area contributed by atoms with Crippen molar-refractivity contribution in [3.63, 3.8) is 0 Å². The molecule has 2 aromatic rings. The number of aliphatic hydroxyl groups excluding tert-OH is 1. The highest BCUT2D eigenvalue weighted by molar-refractivity contribution is 6.47. The first-order chi connectivity index (χ1) is 15.0. The predicted octanol–water partition coefficient (Wildman–Crippen LogP) is 1.89. The Morgan fingerprint density at radius 1 is 1.35 bits per heavy atom. The van der Waals surface area contributed by atoms with Crippen molar-refractivity contribution in [2.24, 2.45) is 4.99 Å². The van der Waals surface area contributed by atoms with Gasteiger partial charge in [0.15, 0.2) is 0 Å². The molecular formula is C21H23F2N5O3. The van der Waals surface area contributed by atoms with E-state index in [0.717, 1.165) is 18.2 Å². The summed E-state index contributed by atoms with van der Waals surface area (Å²) < 4.78 is 33.3. The van der Waals surface area contributed by atoms with Gasteiger partial charge in [0.1, 0.15) is 29.5 Å². The zero-order chi connectivity index (χ0) is 22.0. The maximum Gasteiger partial charge on any atom is 0.270 e. The van der Waals surface area contributed by atoms with Gasteiger partial charge < -0.3 is 20.5 Å². The van der Waals surface area contributed by atoms with Crippen molar-refractivity contribution >= 4 is 17.4 Å². The van der Waals surface area contributed by atoms with Crippen molar-refractivity contribution in [1.82, 2.24) is 15.3 Å². The third-order valence-electron chi connectivity index (χ3n) is 5.45. The topological polar surface area (TPSA) is 109 Å². The monoisotopic (exact) mass is 431 g/mol. The lowest BCUT2D eigenvalue weighted by Gasteiger charge is -2.29. The summed E-state index contributed by atoms with van der Waals surface area (Å²) >= 11 is 0. The zero-order valence-corrected chi connectivity index (χ0v) is 16.9. The van der Waals surface area contributed by atoms with E-state index < -0.39 is 29.7 Å². The van der Waals surface area contributed by atoms with Crippen LogP contribution >= 0.6 is 0 Å². The molecule has 0 aliphatic carbocycles. The van der Waals surface area contributed by atoms with Gasteiger partial charge in [-0.15, -0.1) is 0 Å². The number of ether oxygens (including phenoxy) is 1. The van der Waals surface area contributed by atoms with E-state index in [4.69, 9.17) is 4.74 Å². The van der Waals surface area contributed by atoms with Gasteiger partial charge in [-0.1, -0.05) is 6.92 Å². The fourth-order valence-electron chi connectivity index (χ4n) is 3.77. The van der Waals surface area contributed by atoms with Gasteiger partial charge in [-0.25, -0.2) is 18.7 Å². The largest absolute Gasteiger partial charge is 0.391 e. The number of hydrogen-bond acceptors (Lipinski definition) is 7. The Bertz CT molecular complexity index is 1020. The summed E-state index contributed by atoms with van der Waals surface area (Å²) in [7, 11) is 0. The molecule has 4 rings (SSSR count). The Hall–Kier alpha value is -2.98. The number of aliphatic imine (C=N–C) groups is 1. The number of carbonyl (C=O) groups is 1. The van der Waals surface area contributed by atoms with Crippen LogP contribution in [0.15, 0.2) is 29.5 Å². The summed E-state index contributed by atoms with van der Waals surface area (Å²) in [6.07, 6.45) is 1.60. The number of rotatable bonds is 6. The molecule has 2 aliphatic heterocycles. The van der Waals surface area contributed by atoms with Crippen molar-refractivity contribution < 1.29 is 23.4 Å². The van der Waals surface area contributed by atoms with Gasteiger partial charge in [0.05, 0.1) is 42.6 Å². The summed E-state index contributed by atoms with van der Waals surface area (Å²) in [6.45, 7) is 2.74. The number of aliphatic hydroxyl groups is 1. The van der Waals surface area contributed by atoms with E-state index in [2.05, 4.69) is 25.6 Å². The molecule has 164 valence electrons. The number of nitrogens with zero attached hydrogens (tertiary/aromatic N) is 3. The molecule has 0 unspecified atom stereocenters. The molecule has 0 radical (unpaired) electrons. The van der Waals surface area contributed by atoms with E-state index in [1.807, 2.05) is 0 Å². The Morgan fingerprint density at radius 2 is 2.19 bits per heavy atom. The van der Waals surface area contributed by atoms with Gasteiger partial charge in [-0.3, -0.25) is 9.79 Å². The minimum absolute atomic E-state index is 0.0693. The van der Waals surface area contributed by atoms with E-state index in [1.165, 1.54) is 6.33 Å². The molecular weight excluding hydrogens is 408 g/mol. The highest BCUT2D eigenvalue weighted by Crippen LogP contribution is 2.27. The van der Waals surface area contributed by atoms with E-state index in [0.29, 0.717) is 43.1 Å². The summed E-state index contributed by atoms with van der Waals surface area (Å²) in [6, 6.07) is 2.03. The van der Waals surface area contributed by atoms with Gasteiger partial charge in [-0.05, 0) is 31.0 Å². The van der Waals surface area contributed by atoms with Crippen LogP contribution < -0.4 is 10.6 Å². The molecule has 2 aliphatic rings. The van der Waals surface area contributed by atoms with Crippen LogP contribution in [0.5, 0.6) is 0 Å². The van der Waals surface area contributed by atoms with Crippen LogP contribution in [0, 0.1) is 11.6 Å². The lowest BCUT2D eigenvalue weighted by atomic mass is 10.0. The number of halogens is 2. The molecule has 0 saturated carbocycles. The smallest absolute Gasteiger partial charge is 0.270 e. The van der Waals surface area contributed by atoms with Crippen LogP contribution in [0.2, 0.25) is 0 Å². The third-order valence-corrected chi connectivity index (χ3v) is 5.45. The lowest BCUT2D eigenvalue weighted by molar-refractivity contribution is -0.115. The standard InChI is InChI=1S/C21H23F2N5O3/c1-2-14(12-7-11(22)3-4-13(12)23)28-21(30)19-18-15(8-24-19)25-10-26-20(18)27-16-9-31-6-5-17(16)29/h3-4,7,10,14,16-17,29H,2,5-6,8-9H2,1H3,(H,28,30)(H,25,26,27)/t14-,16-,17-/m1/s1. The third kappa shape index (κ3) is 4.40. The van der Waals surface area contributed by atoms with Crippen LogP contribution in [0.3, 0.4) is 0 Å². The Balaban J connectivity index is 1.57. The van der Waals surface area contributed by atoms with Crippen LogP contribution in [0.1, 0.15) is 42.6 Å². The van der Waals surface area contributed by atoms with Gasteiger partial charge in [-0.2, -0.15) is 0 Å². The summed E-state index contributed by atoms with van der Waals surface area (Å²) in [5, 5.41) is 16.1. The van der Waals surface area contributed by atoms with Crippen LogP contribution in [-0.2, 0) is 16.1 Å². The zero-order valence-electron chi connectivity index (χ0n) is 16.9. The van der Waals surface area contributed by atoms with Gasteiger partial charge >= 0.3 is 0 Å². The number of nitrogens with one attached hydrogen (secondary N) is 2. The van der Waals surface area contributed by atoms with E-state index >= 15 is 0 Å². The van der Waals surface area contributed by atoms with Crippen molar-refractivity contribution in [2.45, 2.75) is 44.5 Å². The molecule has 0 bridgehead atoms. The number of aromatic nitrogens is 2. The molecule has 3 N–H and O–H groups in total. The average molecular weight is 431 g/mol. The number of fused-ring (bicyclic) bond motifs is 1. The van der Waals surface area contributed by atoms with Crippen molar-refractivity contribution in [3.8, 4) is 0 Å². The lowest BCUT2D eigenvalue weighted by Crippen LogP contribution is -2.43. The molecule has 1 amide bonds. The van der Waals surface area contributed by atoms with Gasteiger partial charge in [0.25, 0.3) is 5.91 Å². The summed E-state index contributed by atoms with van der Waals surface area (Å²) in [4.78, 5) is 25.8. The van der Waals surface area contributed by atoms with Gasteiger partial charge in [0.2, 0.25) is 0 Å². The van der Waals surface area contributed by atoms with Crippen molar-refractivity contribution in [1.29, 1.82) is 0 Å². The summed E-state index contributed by atoms with van der Waals surface area (Å²) in [5.74, 6) is -1.34. The maximum absolute atomic E-state index is 14.2. The van der Waals surface area contributed by atoms with Crippen LogP contribution in [-0.4, -0.2) is 52.1 Å². The molecule has 3 heterocycles. The Labute approximate surface area is 177 Å². The second kappa shape index (κ2) is 9.03. The maximum atomic E-state index is 14.2. The summed E-state index contributed by atoms with van der Waals surface area (Å²) in [5.41, 5.74) is 1.19. The molecule has 31 heavy (non-hydrogen) atoms. The second-order valence-electron chi connectivity index (χ2n) is 7.49. The quantitative estimate of drug-likeness (QED) is 0.645. The molecule has 10 heteroatoms. The molecule has 3 atom stereocenters. The van der Waals surface area contributed by atoms with Crippen LogP contribution in [0.25, 0.3) is 0 Å². The Morgan fingerprint density at radius 3 is 2.97 bits per heavy atom. The minimum Gasteiger partial charge on any atom is -0.391 e. The van der Waals surface area contributed by atoms with E-state index in [1.54, 1.807) is 6.92 Å². The normalized spacial score (nSPS) is 21.2. The first-order valence-corrected chi connectivity index (χ1v) is 10.1. The SMILES string of the molecule is CC[C@@H](NC(=O)C1=NCc2ncnc(N[C@@H]3COCC[C@H]3O)c21)c1cc(F)ccc1F. The van der Waals surface area contributed by atoms with E-state index in [-0.39, 0.29) is 23.9 Å². The minimum atomic E-state index is -0.732. The van der Waals surface area contributed by atoms with Gasteiger partial charge in [0, 0.05) is 12.2 Å². The number of hydrogen-bond donors (Lipinski definition) is 3. The average Bonchev–Trinajstić information content (AvgIpc) is 3.21.